The van der Waals surface area contributed by atoms with Crippen molar-refractivity contribution >= 4 is 11.8 Å². The van der Waals surface area contributed by atoms with Gasteiger partial charge >= 0.3 is 12.1 Å². The predicted molar refractivity (Wildman–Crippen MR) is 110 cm³/mol. The van der Waals surface area contributed by atoms with E-state index in [4.69, 9.17) is 9.84 Å². The van der Waals surface area contributed by atoms with Crippen LogP contribution in [0.3, 0.4) is 0 Å². The molecule has 0 spiro atoms. The van der Waals surface area contributed by atoms with Gasteiger partial charge in [-0.15, -0.1) is 0 Å². The molecule has 1 aromatic rings. The van der Waals surface area contributed by atoms with Gasteiger partial charge in [-0.05, 0) is 49.5 Å². The highest BCUT2D eigenvalue weighted by atomic mass is 19.4. The fourth-order valence-electron chi connectivity index (χ4n) is 3.63. The van der Waals surface area contributed by atoms with E-state index < -0.39 is 48.2 Å². The predicted octanol–water partition coefficient (Wildman–Crippen LogP) is 3.77. The number of carbonyl (C=O) groups is 2. The maximum Gasteiger partial charge on any atom is 0.416 e. The fourth-order valence-corrected chi connectivity index (χ4v) is 3.63. The first-order valence-electron chi connectivity index (χ1n) is 10.3. The minimum Gasteiger partial charge on any atom is -0.485 e. The minimum atomic E-state index is -4.51. The van der Waals surface area contributed by atoms with Gasteiger partial charge in [-0.2, -0.15) is 13.2 Å². The highest BCUT2D eigenvalue weighted by Crippen LogP contribution is 2.36. The summed E-state index contributed by atoms with van der Waals surface area (Å²) in [6, 6.07) is 4.23. The number of hydrogen-bond acceptors (Lipinski definition) is 5. The molecule has 1 aromatic carbocycles. The molecule has 2 rings (SSSR count). The summed E-state index contributed by atoms with van der Waals surface area (Å²) in [6.07, 6.45) is 2.07. The zero-order valence-electron chi connectivity index (χ0n) is 17.4. The molecule has 1 fully saturated rings. The fraction of sp³-hybridized carbons (Fsp3) is 0.478. The summed E-state index contributed by atoms with van der Waals surface area (Å²) in [5, 5.41) is 29.0. The number of aliphatic hydroxyl groups excluding tert-OH is 2. The first-order chi connectivity index (χ1) is 15.1. The molecule has 1 saturated carbocycles. The third-order valence-electron chi connectivity index (χ3n) is 5.30. The summed E-state index contributed by atoms with van der Waals surface area (Å²) in [5.74, 6) is -2.21. The highest BCUT2D eigenvalue weighted by Gasteiger charge is 2.39. The lowest BCUT2D eigenvalue weighted by Crippen LogP contribution is -2.20. The molecule has 1 aliphatic rings. The van der Waals surface area contributed by atoms with Crippen LogP contribution in [0, 0.1) is 11.8 Å². The van der Waals surface area contributed by atoms with Crippen molar-refractivity contribution in [1.29, 1.82) is 0 Å². The van der Waals surface area contributed by atoms with Gasteiger partial charge in [0.1, 0.15) is 5.75 Å². The molecule has 0 heterocycles. The van der Waals surface area contributed by atoms with Gasteiger partial charge in [-0.25, -0.2) is 0 Å². The van der Waals surface area contributed by atoms with E-state index in [9.17, 15) is 33.0 Å². The van der Waals surface area contributed by atoms with Gasteiger partial charge in [0.15, 0.2) is 12.4 Å². The lowest BCUT2D eigenvalue weighted by atomic mass is 9.89. The van der Waals surface area contributed by atoms with Gasteiger partial charge in [0, 0.05) is 18.8 Å². The van der Waals surface area contributed by atoms with Crippen LogP contribution in [0.4, 0.5) is 13.2 Å². The number of carboxylic acids is 1. The maximum atomic E-state index is 12.7. The molecule has 0 aromatic heterocycles. The summed E-state index contributed by atoms with van der Waals surface area (Å²) in [7, 11) is 0. The molecule has 176 valence electrons. The quantitative estimate of drug-likeness (QED) is 0.266. The number of allylic oxidation sites excluding steroid dienone is 2. The number of ether oxygens (including phenoxy) is 1. The Morgan fingerprint density at radius 1 is 1.16 bits per heavy atom. The Hall–Kier alpha value is -2.65. The Balaban J connectivity index is 1.88. The van der Waals surface area contributed by atoms with Crippen LogP contribution < -0.4 is 4.74 Å². The van der Waals surface area contributed by atoms with Gasteiger partial charge in [-0.3, -0.25) is 9.59 Å². The van der Waals surface area contributed by atoms with E-state index in [-0.39, 0.29) is 24.5 Å². The van der Waals surface area contributed by atoms with Crippen LogP contribution >= 0.6 is 0 Å². The van der Waals surface area contributed by atoms with Crippen molar-refractivity contribution in [2.45, 2.75) is 50.5 Å². The van der Waals surface area contributed by atoms with E-state index in [0.29, 0.717) is 19.3 Å². The number of unbranched alkanes of at least 4 members (excludes halogenated alkanes) is 1. The van der Waals surface area contributed by atoms with E-state index >= 15 is 0 Å². The standard InChI is InChI=1S/C23H27F3O6/c24-23(25,26)15-6-5-7-17(12-15)32-14-16(27)10-11-19-18(20(28)13-21(19)29)8-3-1-2-4-9-22(30)31/h1,3,5-7,10-12,18-21,28-29H,2,4,8-9,13-14H2,(H,30,31)/b3-1+,11-10+/t18-,19?,20+,21-/m1/s1. The molecular formula is C23H27F3O6. The van der Waals surface area contributed by atoms with Gasteiger partial charge in [0.25, 0.3) is 0 Å². The molecule has 0 amide bonds. The number of ketones is 1. The van der Waals surface area contributed by atoms with Crippen LogP contribution in [0.5, 0.6) is 5.75 Å². The molecule has 0 bridgehead atoms. The van der Waals surface area contributed by atoms with Crippen molar-refractivity contribution in [1.82, 2.24) is 0 Å². The van der Waals surface area contributed by atoms with Crippen molar-refractivity contribution in [3.63, 3.8) is 0 Å². The first kappa shape index (κ1) is 25.6. The summed E-state index contributed by atoms with van der Waals surface area (Å²) < 4.78 is 43.4. The second kappa shape index (κ2) is 11.8. The Morgan fingerprint density at radius 3 is 2.59 bits per heavy atom. The molecule has 9 heteroatoms. The third kappa shape index (κ3) is 8.12. The zero-order chi connectivity index (χ0) is 23.7. The van der Waals surface area contributed by atoms with E-state index in [1.807, 2.05) is 12.2 Å². The topological polar surface area (TPSA) is 104 Å². The normalized spacial score (nSPS) is 23.8. The molecular weight excluding hydrogens is 429 g/mol. The second-order valence-electron chi connectivity index (χ2n) is 7.74. The average Bonchev–Trinajstić information content (AvgIpc) is 2.99. The van der Waals surface area contributed by atoms with Crippen LogP contribution in [0.15, 0.2) is 48.6 Å². The van der Waals surface area contributed by atoms with Gasteiger partial charge < -0.3 is 20.1 Å². The monoisotopic (exact) mass is 456 g/mol. The van der Waals surface area contributed by atoms with Crippen LogP contribution in [0.2, 0.25) is 0 Å². The van der Waals surface area contributed by atoms with Crippen LogP contribution in [-0.4, -0.2) is 45.9 Å². The average molecular weight is 456 g/mol. The summed E-state index contributed by atoms with van der Waals surface area (Å²) in [4.78, 5) is 22.6. The van der Waals surface area contributed by atoms with Gasteiger partial charge in [0.2, 0.25) is 0 Å². The van der Waals surface area contributed by atoms with Crippen LogP contribution in [0.25, 0.3) is 0 Å². The molecule has 1 aliphatic carbocycles. The van der Waals surface area contributed by atoms with E-state index in [2.05, 4.69) is 0 Å². The molecule has 0 aliphatic heterocycles. The number of hydrogen-bond donors (Lipinski definition) is 3. The Morgan fingerprint density at radius 2 is 1.91 bits per heavy atom. The van der Waals surface area contributed by atoms with Crippen LogP contribution in [-0.2, 0) is 15.8 Å². The lowest BCUT2D eigenvalue weighted by molar-refractivity contribution is -0.138. The SMILES string of the molecule is O=C(O)CCC/C=C/C[C@@H]1C(/C=C/C(=O)COc2cccc(C(F)(F)F)c2)[C@H](O)C[C@@H]1O. The number of alkyl halides is 3. The first-order valence-corrected chi connectivity index (χ1v) is 10.3. The number of carboxylic acid groups (broad SMARTS) is 1. The molecule has 0 radical (unpaired) electrons. The summed E-state index contributed by atoms with van der Waals surface area (Å²) in [5.41, 5.74) is -0.875. The molecule has 0 saturated heterocycles. The number of aliphatic carboxylic acids is 1. The van der Waals surface area contributed by atoms with E-state index in [1.54, 1.807) is 0 Å². The zero-order valence-corrected chi connectivity index (χ0v) is 17.4. The molecule has 32 heavy (non-hydrogen) atoms. The smallest absolute Gasteiger partial charge is 0.416 e. The number of rotatable bonds is 11. The van der Waals surface area contributed by atoms with Crippen molar-refractivity contribution in [2.75, 3.05) is 6.61 Å². The molecule has 4 atom stereocenters. The number of aliphatic hydroxyl groups is 2. The van der Waals surface area contributed by atoms with Gasteiger partial charge in [-0.1, -0.05) is 24.3 Å². The Bertz CT molecular complexity index is 833. The number of carbonyl (C=O) groups excluding carboxylic acids is 1. The highest BCUT2D eigenvalue weighted by molar-refractivity contribution is 5.91. The van der Waals surface area contributed by atoms with Crippen molar-refractivity contribution in [3.8, 4) is 5.75 Å². The van der Waals surface area contributed by atoms with Gasteiger partial charge in [0.05, 0.1) is 17.8 Å². The Labute approximate surface area is 184 Å². The third-order valence-corrected chi connectivity index (χ3v) is 5.30. The summed E-state index contributed by atoms with van der Waals surface area (Å²) in [6.45, 7) is -0.461. The minimum absolute atomic E-state index is 0.0746. The Kier molecular flexibility index (Phi) is 9.46. The largest absolute Gasteiger partial charge is 0.485 e. The summed E-state index contributed by atoms with van der Waals surface area (Å²) >= 11 is 0. The second-order valence-corrected chi connectivity index (χ2v) is 7.74. The number of halogens is 3. The van der Waals surface area contributed by atoms with Crippen molar-refractivity contribution in [3.05, 3.63) is 54.1 Å². The molecule has 3 N–H and O–H groups in total. The van der Waals surface area contributed by atoms with Crippen molar-refractivity contribution in [2.24, 2.45) is 11.8 Å². The number of benzene rings is 1. The maximum absolute atomic E-state index is 12.7. The molecule has 6 nitrogen and oxygen atoms in total. The van der Waals surface area contributed by atoms with Crippen LogP contribution in [0.1, 0.15) is 37.7 Å². The van der Waals surface area contributed by atoms with E-state index in [1.165, 1.54) is 24.3 Å². The molecule has 1 unspecified atom stereocenters. The lowest BCUT2D eigenvalue weighted by Gasteiger charge is -2.19. The van der Waals surface area contributed by atoms with E-state index in [0.717, 1.165) is 12.1 Å². The van der Waals surface area contributed by atoms with Crippen molar-refractivity contribution < 1.29 is 42.8 Å².